The van der Waals surface area contributed by atoms with Crippen LogP contribution in [0.15, 0.2) is 39.3 Å². The van der Waals surface area contributed by atoms with Crippen LogP contribution in [-0.2, 0) is 0 Å². The van der Waals surface area contributed by atoms with E-state index in [1.54, 1.807) is 30.3 Å². The molecule has 0 bridgehead atoms. The van der Waals surface area contributed by atoms with Gasteiger partial charge in [0.2, 0.25) is 0 Å². The van der Waals surface area contributed by atoms with Crippen molar-refractivity contribution in [2.24, 2.45) is 0 Å². The van der Waals surface area contributed by atoms with E-state index in [0.717, 1.165) is 4.47 Å². The Balaban J connectivity index is 2.23. The van der Waals surface area contributed by atoms with Gasteiger partial charge in [-0.1, -0.05) is 31.9 Å². The van der Waals surface area contributed by atoms with Crippen LogP contribution in [0.1, 0.15) is 31.8 Å². The van der Waals surface area contributed by atoms with E-state index in [4.69, 9.17) is 5.11 Å². The third-order valence-electron chi connectivity index (χ3n) is 3.47. The second-order valence-corrected chi connectivity index (χ2v) is 6.71. The van der Waals surface area contributed by atoms with Gasteiger partial charge in [0.05, 0.1) is 12.2 Å². The maximum absolute atomic E-state index is 12.8. The second-order valence-electron chi connectivity index (χ2n) is 4.87. The molecule has 0 fully saturated rings. The Morgan fingerprint density at radius 3 is 2.36 bits per heavy atom. The van der Waals surface area contributed by atoms with E-state index in [2.05, 4.69) is 37.2 Å². The number of hydrogen-bond donors (Lipinski definition) is 2. The van der Waals surface area contributed by atoms with Crippen molar-refractivity contribution in [2.45, 2.75) is 0 Å². The average molecular weight is 425 g/mol. The van der Waals surface area contributed by atoms with E-state index >= 15 is 0 Å². The van der Waals surface area contributed by atoms with E-state index in [-0.39, 0.29) is 18.2 Å². The van der Waals surface area contributed by atoms with Crippen molar-refractivity contribution in [1.29, 1.82) is 0 Å². The number of halogens is 2. The van der Waals surface area contributed by atoms with Crippen molar-refractivity contribution in [2.75, 3.05) is 18.5 Å². The fourth-order valence-electron chi connectivity index (χ4n) is 2.54. The summed E-state index contributed by atoms with van der Waals surface area (Å²) in [5, 5.41) is 12.0. The number of ketones is 2. The van der Waals surface area contributed by atoms with E-state index in [1.807, 2.05) is 0 Å². The number of aliphatic hydroxyl groups is 1. The van der Waals surface area contributed by atoms with E-state index < -0.39 is 0 Å². The molecule has 22 heavy (non-hydrogen) atoms. The molecule has 1 aliphatic carbocycles. The van der Waals surface area contributed by atoms with Crippen molar-refractivity contribution in [3.63, 3.8) is 0 Å². The summed E-state index contributed by atoms with van der Waals surface area (Å²) in [6.45, 7) is 0.237. The minimum Gasteiger partial charge on any atom is -0.395 e. The van der Waals surface area contributed by atoms with Crippen LogP contribution >= 0.6 is 31.9 Å². The molecule has 2 N–H and O–H groups in total. The Morgan fingerprint density at radius 1 is 0.909 bits per heavy atom. The molecular weight excluding hydrogens is 414 g/mol. The van der Waals surface area contributed by atoms with Crippen molar-refractivity contribution in [1.82, 2.24) is 0 Å². The third kappa shape index (κ3) is 2.51. The number of rotatable bonds is 3. The molecule has 3 rings (SSSR count). The first-order chi connectivity index (χ1) is 10.5. The van der Waals surface area contributed by atoms with E-state index in [9.17, 15) is 9.59 Å². The number of aliphatic hydroxyl groups excluding tert-OH is 1. The van der Waals surface area contributed by atoms with Gasteiger partial charge in [-0.15, -0.1) is 0 Å². The summed E-state index contributed by atoms with van der Waals surface area (Å²) in [7, 11) is 0. The molecule has 0 aliphatic heterocycles. The smallest absolute Gasteiger partial charge is 0.196 e. The summed E-state index contributed by atoms with van der Waals surface area (Å²) >= 11 is 6.69. The molecule has 2 aromatic rings. The number of carbonyl (C=O) groups is 2. The molecule has 0 heterocycles. The second kappa shape index (κ2) is 5.95. The standard InChI is InChI=1S/C16H11Br2NO3/c17-8-1-2-10-11(5-8)16(22)14-12(15(10)21)6-9(18)7-13(14)19-3-4-20/h1-2,5-7,19-20H,3-4H2. The predicted octanol–water partition coefficient (Wildman–Crippen LogP) is 3.39. The highest BCUT2D eigenvalue weighted by Gasteiger charge is 2.32. The molecule has 6 heteroatoms. The number of hydrogen-bond acceptors (Lipinski definition) is 4. The van der Waals surface area contributed by atoms with Crippen molar-refractivity contribution in [3.05, 3.63) is 61.5 Å². The van der Waals surface area contributed by atoms with Crippen LogP contribution in [-0.4, -0.2) is 29.8 Å². The van der Waals surface area contributed by atoms with E-state index in [1.165, 1.54) is 0 Å². The minimum absolute atomic E-state index is 0.0639. The SMILES string of the molecule is O=C1c2ccc(Br)cc2C(=O)c2c(NCCO)cc(Br)cc21. The molecule has 112 valence electrons. The van der Waals surface area contributed by atoms with Gasteiger partial charge in [0.15, 0.2) is 11.6 Å². The fraction of sp³-hybridized carbons (Fsp3) is 0.125. The highest BCUT2D eigenvalue weighted by Crippen LogP contribution is 2.35. The number of nitrogens with one attached hydrogen (secondary N) is 1. The summed E-state index contributed by atoms with van der Waals surface area (Å²) in [4.78, 5) is 25.5. The first-order valence-corrected chi connectivity index (χ1v) is 8.18. The Kier molecular flexibility index (Phi) is 4.16. The number of benzene rings is 2. The van der Waals surface area contributed by atoms with Crippen LogP contribution in [0.25, 0.3) is 0 Å². The highest BCUT2D eigenvalue weighted by molar-refractivity contribution is 9.10. The van der Waals surface area contributed by atoms with Crippen LogP contribution < -0.4 is 5.32 Å². The summed E-state index contributed by atoms with van der Waals surface area (Å²) in [6.07, 6.45) is 0. The average Bonchev–Trinajstić information content (AvgIpc) is 2.49. The lowest BCUT2D eigenvalue weighted by Gasteiger charge is -2.21. The molecule has 4 nitrogen and oxygen atoms in total. The van der Waals surface area contributed by atoms with Gasteiger partial charge in [-0.25, -0.2) is 0 Å². The molecule has 0 aromatic heterocycles. The quantitative estimate of drug-likeness (QED) is 0.676. The van der Waals surface area contributed by atoms with Gasteiger partial charge in [0.25, 0.3) is 0 Å². The van der Waals surface area contributed by atoms with Gasteiger partial charge >= 0.3 is 0 Å². The first-order valence-electron chi connectivity index (χ1n) is 6.60. The van der Waals surface area contributed by atoms with Gasteiger partial charge in [0.1, 0.15) is 0 Å². The van der Waals surface area contributed by atoms with Gasteiger partial charge < -0.3 is 10.4 Å². The molecule has 0 saturated carbocycles. The number of carbonyl (C=O) groups excluding carboxylic acids is 2. The van der Waals surface area contributed by atoms with E-state index in [0.29, 0.717) is 39.0 Å². The molecule has 2 aromatic carbocycles. The Labute approximate surface area is 143 Å². The highest BCUT2D eigenvalue weighted by atomic mass is 79.9. The lowest BCUT2D eigenvalue weighted by Crippen LogP contribution is -2.23. The maximum Gasteiger partial charge on any atom is 0.196 e. The summed E-state index contributed by atoms with van der Waals surface area (Å²) in [6, 6.07) is 8.46. The molecule has 0 amide bonds. The lowest BCUT2D eigenvalue weighted by molar-refractivity contribution is 0.0979. The molecule has 0 unspecified atom stereocenters. The lowest BCUT2D eigenvalue weighted by atomic mass is 9.83. The normalized spacial score (nSPS) is 12.9. The Morgan fingerprint density at radius 2 is 1.64 bits per heavy atom. The molecule has 0 radical (unpaired) electrons. The van der Waals surface area contributed by atoms with Crippen LogP contribution in [0.5, 0.6) is 0 Å². The van der Waals surface area contributed by atoms with Gasteiger partial charge in [-0.2, -0.15) is 0 Å². The largest absolute Gasteiger partial charge is 0.395 e. The van der Waals surface area contributed by atoms with Crippen LogP contribution in [0.4, 0.5) is 5.69 Å². The van der Waals surface area contributed by atoms with Gasteiger partial charge in [-0.05, 0) is 30.3 Å². The van der Waals surface area contributed by atoms with Crippen LogP contribution in [0.3, 0.4) is 0 Å². The summed E-state index contributed by atoms with van der Waals surface area (Å²) in [5.74, 6) is -0.371. The molecule has 0 atom stereocenters. The molecule has 1 aliphatic rings. The third-order valence-corrected chi connectivity index (χ3v) is 4.42. The molecule has 0 saturated heterocycles. The zero-order chi connectivity index (χ0) is 15.9. The van der Waals surface area contributed by atoms with Crippen molar-refractivity contribution in [3.8, 4) is 0 Å². The van der Waals surface area contributed by atoms with Gasteiger partial charge in [-0.3, -0.25) is 9.59 Å². The zero-order valence-corrected chi connectivity index (χ0v) is 14.5. The van der Waals surface area contributed by atoms with Crippen molar-refractivity contribution >= 4 is 49.1 Å². The van der Waals surface area contributed by atoms with Gasteiger partial charge in [0, 0.05) is 37.9 Å². The predicted molar refractivity (Wildman–Crippen MR) is 90.7 cm³/mol. The number of fused-ring (bicyclic) bond motifs is 2. The maximum atomic E-state index is 12.8. The summed E-state index contributed by atoms with van der Waals surface area (Å²) < 4.78 is 1.45. The first kappa shape index (κ1) is 15.4. The van der Waals surface area contributed by atoms with Crippen LogP contribution in [0.2, 0.25) is 0 Å². The molecule has 0 spiro atoms. The summed E-state index contributed by atoms with van der Waals surface area (Å²) in [5.41, 5.74) is 2.07. The zero-order valence-electron chi connectivity index (χ0n) is 11.3. The van der Waals surface area contributed by atoms with Crippen molar-refractivity contribution < 1.29 is 14.7 Å². The topological polar surface area (TPSA) is 66.4 Å². The Hall–Kier alpha value is -1.50. The number of anilines is 1. The van der Waals surface area contributed by atoms with Crippen LogP contribution in [0, 0.1) is 0 Å². The monoisotopic (exact) mass is 423 g/mol. The molecular formula is C16H11Br2NO3. The Bertz CT molecular complexity index is 802. The minimum atomic E-state index is -0.196. The fourth-order valence-corrected chi connectivity index (χ4v) is 3.36.